The smallest absolute Gasteiger partial charge is 0.141 e. The summed E-state index contributed by atoms with van der Waals surface area (Å²) in [5.41, 5.74) is 0.760. The Morgan fingerprint density at radius 3 is 2.94 bits per heavy atom. The summed E-state index contributed by atoms with van der Waals surface area (Å²) in [6.45, 7) is 0. The number of rotatable bonds is 3. The lowest BCUT2D eigenvalue weighted by Crippen LogP contribution is -2.03. The van der Waals surface area contributed by atoms with Crippen molar-refractivity contribution in [2.24, 2.45) is 0 Å². The van der Waals surface area contributed by atoms with E-state index in [0.29, 0.717) is 12.2 Å². The predicted octanol–water partition coefficient (Wildman–Crippen LogP) is 2.48. The number of aliphatic hydroxyl groups excluding tert-OH is 1. The molecule has 1 aromatic heterocycles. The molecule has 1 atom stereocenters. The maximum atomic E-state index is 12.9. The van der Waals surface area contributed by atoms with Gasteiger partial charge in [0.2, 0.25) is 0 Å². The van der Waals surface area contributed by atoms with E-state index in [1.165, 1.54) is 12.1 Å². The zero-order chi connectivity index (χ0) is 11.5. The van der Waals surface area contributed by atoms with Crippen LogP contribution in [0, 0.1) is 5.82 Å². The molecule has 1 heterocycles. The number of imidazole rings is 1. The van der Waals surface area contributed by atoms with E-state index in [-0.39, 0.29) is 5.02 Å². The van der Waals surface area contributed by atoms with Crippen LogP contribution in [0.3, 0.4) is 0 Å². The molecule has 0 bridgehead atoms. The molecular weight excluding hydrogens is 231 g/mol. The number of H-pyrrole nitrogens is 1. The first kappa shape index (κ1) is 11.1. The highest BCUT2D eigenvalue weighted by Crippen LogP contribution is 2.20. The first-order valence-electron chi connectivity index (χ1n) is 4.78. The largest absolute Gasteiger partial charge is 0.385 e. The van der Waals surface area contributed by atoms with Crippen LogP contribution in [0.15, 0.2) is 30.6 Å². The van der Waals surface area contributed by atoms with Crippen LogP contribution >= 0.6 is 11.6 Å². The number of aromatic nitrogens is 2. The Morgan fingerprint density at radius 1 is 1.50 bits per heavy atom. The maximum Gasteiger partial charge on any atom is 0.141 e. The van der Waals surface area contributed by atoms with Gasteiger partial charge in [-0.05, 0) is 17.7 Å². The number of nitrogens with zero attached hydrogens (tertiary/aromatic N) is 1. The van der Waals surface area contributed by atoms with Crippen LogP contribution in [0.4, 0.5) is 4.39 Å². The number of halogens is 2. The predicted molar refractivity (Wildman–Crippen MR) is 58.7 cm³/mol. The summed E-state index contributed by atoms with van der Waals surface area (Å²) < 4.78 is 12.9. The highest BCUT2D eigenvalue weighted by atomic mass is 35.5. The van der Waals surface area contributed by atoms with Crippen molar-refractivity contribution in [1.82, 2.24) is 9.97 Å². The van der Waals surface area contributed by atoms with Crippen molar-refractivity contribution in [3.63, 3.8) is 0 Å². The van der Waals surface area contributed by atoms with Crippen molar-refractivity contribution >= 4 is 11.6 Å². The fraction of sp³-hybridized carbons (Fsp3) is 0.182. The van der Waals surface area contributed by atoms with Crippen molar-refractivity contribution < 1.29 is 9.50 Å². The second-order valence-electron chi connectivity index (χ2n) is 3.44. The summed E-state index contributed by atoms with van der Waals surface area (Å²) in [5.74, 6) is 0.0263. The number of nitrogens with one attached hydrogen (secondary N) is 1. The van der Waals surface area contributed by atoms with Crippen LogP contribution < -0.4 is 0 Å². The van der Waals surface area contributed by atoms with Crippen molar-refractivity contribution in [1.29, 1.82) is 0 Å². The minimum atomic E-state index is -0.739. The molecule has 0 aliphatic carbocycles. The molecule has 0 aliphatic rings. The van der Waals surface area contributed by atoms with Crippen LogP contribution in [-0.2, 0) is 6.42 Å². The van der Waals surface area contributed by atoms with Gasteiger partial charge in [-0.25, -0.2) is 9.37 Å². The van der Waals surface area contributed by atoms with Crippen molar-refractivity contribution in [2.75, 3.05) is 0 Å². The van der Waals surface area contributed by atoms with Crippen molar-refractivity contribution in [3.05, 3.63) is 52.8 Å². The Balaban J connectivity index is 2.12. The van der Waals surface area contributed by atoms with Crippen molar-refractivity contribution in [2.45, 2.75) is 12.5 Å². The molecule has 5 heteroatoms. The third kappa shape index (κ3) is 2.40. The Kier molecular flexibility index (Phi) is 3.22. The molecule has 0 amide bonds. The van der Waals surface area contributed by atoms with Crippen LogP contribution in [0.25, 0.3) is 0 Å². The molecule has 0 aliphatic heterocycles. The topological polar surface area (TPSA) is 48.9 Å². The molecule has 2 N–H and O–H groups in total. The molecule has 2 rings (SSSR count). The number of aliphatic hydroxyl groups is 1. The molecule has 1 unspecified atom stereocenters. The van der Waals surface area contributed by atoms with E-state index >= 15 is 0 Å². The number of benzene rings is 1. The first-order valence-corrected chi connectivity index (χ1v) is 5.16. The van der Waals surface area contributed by atoms with E-state index in [0.717, 1.165) is 5.56 Å². The van der Waals surface area contributed by atoms with Crippen LogP contribution in [0.1, 0.15) is 17.5 Å². The van der Waals surface area contributed by atoms with Gasteiger partial charge in [0.25, 0.3) is 0 Å². The van der Waals surface area contributed by atoms with Gasteiger partial charge >= 0.3 is 0 Å². The van der Waals surface area contributed by atoms with E-state index < -0.39 is 11.9 Å². The quantitative estimate of drug-likeness (QED) is 0.866. The molecule has 0 fully saturated rings. The summed E-state index contributed by atoms with van der Waals surface area (Å²) in [7, 11) is 0. The van der Waals surface area contributed by atoms with Gasteiger partial charge in [-0.15, -0.1) is 0 Å². The molecule has 0 radical (unpaired) electrons. The Morgan fingerprint density at radius 2 is 2.31 bits per heavy atom. The van der Waals surface area contributed by atoms with Crippen LogP contribution in [0.5, 0.6) is 0 Å². The number of hydrogen-bond acceptors (Lipinski definition) is 2. The fourth-order valence-electron chi connectivity index (χ4n) is 1.45. The van der Waals surface area contributed by atoms with Gasteiger partial charge in [0.15, 0.2) is 0 Å². The summed E-state index contributed by atoms with van der Waals surface area (Å²) in [6, 6.07) is 4.38. The van der Waals surface area contributed by atoms with E-state index in [1.807, 2.05) is 0 Å². The molecule has 16 heavy (non-hydrogen) atoms. The molecule has 84 valence electrons. The molecular formula is C11H10ClFN2O. The number of aromatic amines is 1. The number of hydrogen-bond donors (Lipinski definition) is 2. The second kappa shape index (κ2) is 4.63. The molecule has 0 saturated carbocycles. The lowest BCUT2D eigenvalue weighted by atomic mass is 10.1. The Bertz CT molecular complexity index is 473. The van der Waals surface area contributed by atoms with Gasteiger partial charge in [0.05, 0.1) is 5.02 Å². The Hall–Kier alpha value is -1.39. The average Bonchev–Trinajstić information content (AvgIpc) is 2.77. The monoisotopic (exact) mass is 240 g/mol. The van der Waals surface area contributed by atoms with Gasteiger partial charge < -0.3 is 10.1 Å². The SMILES string of the molecule is OC(Cc1ccc(F)c(Cl)c1)c1ncc[nH]1. The Labute approximate surface area is 96.9 Å². The summed E-state index contributed by atoms with van der Waals surface area (Å²) in [4.78, 5) is 6.75. The summed E-state index contributed by atoms with van der Waals surface area (Å²) in [5, 5.41) is 9.85. The molecule has 3 nitrogen and oxygen atoms in total. The first-order chi connectivity index (χ1) is 7.66. The summed E-state index contributed by atoms with van der Waals surface area (Å²) in [6.07, 6.45) is 2.80. The van der Waals surface area contributed by atoms with Gasteiger partial charge in [-0.2, -0.15) is 0 Å². The van der Waals surface area contributed by atoms with E-state index in [2.05, 4.69) is 9.97 Å². The third-order valence-corrected chi connectivity index (χ3v) is 2.54. The molecule has 0 spiro atoms. The lowest BCUT2D eigenvalue weighted by Gasteiger charge is -2.08. The van der Waals surface area contributed by atoms with Gasteiger partial charge in [0.1, 0.15) is 17.7 Å². The molecule has 2 aromatic rings. The second-order valence-corrected chi connectivity index (χ2v) is 3.85. The third-order valence-electron chi connectivity index (χ3n) is 2.25. The van der Waals surface area contributed by atoms with Crippen LogP contribution in [0.2, 0.25) is 5.02 Å². The minimum absolute atomic E-state index is 0.0594. The van der Waals surface area contributed by atoms with Gasteiger partial charge in [0, 0.05) is 18.8 Å². The van der Waals surface area contributed by atoms with Crippen LogP contribution in [-0.4, -0.2) is 15.1 Å². The average molecular weight is 241 g/mol. The van der Waals surface area contributed by atoms with Gasteiger partial charge in [-0.1, -0.05) is 17.7 Å². The lowest BCUT2D eigenvalue weighted by molar-refractivity contribution is 0.169. The fourth-order valence-corrected chi connectivity index (χ4v) is 1.65. The minimum Gasteiger partial charge on any atom is -0.385 e. The molecule has 1 aromatic carbocycles. The molecule has 0 saturated heterocycles. The van der Waals surface area contributed by atoms with Gasteiger partial charge in [-0.3, -0.25) is 0 Å². The zero-order valence-corrected chi connectivity index (χ0v) is 9.08. The van der Waals surface area contributed by atoms with E-state index in [1.54, 1.807) is 18.5 Å². The standard InChI is InChI=1S/C11H10ClFN2O/c12-8-5-7(1-2-9(8)13)6-10(16)11-14-3-4-15-11/h1-5,10,16H,6H2,(H,14,15). The highest BCUT2D eigenvalue weighted by Gasteiger charge is 2.11. The highest BCUT2D eigenvalue weighted by molar-refractivity contribution is 6.30. The maximum absolute atomic E-state index is 12.9. The summed E-state index contributed by atoms with van der Waals surface area (Å²) >= 11 is 5.64. The zero-order valence-electron chi connectivity index (χ0n) is 8.32. The van der Waals surface area contributed by atoms with Crippen molar-refractivity contribution in [3.8, 4) is 0 Å². The van der Waals surface area contributed by atoms with E-state index in [4.69, 9.17) is 11.6 Å². The van der Waals surface area contributed by atoms with E-state index in [9.17, 15) is 9.50 Å². The normalized spacial score (nSPS) is 12.7.